The molecule has 0 aliphatic carbocycles. The molecule has 0 aliphatic heterocycles. The highest BCUT2D eigenvalue weighted by Gasteiger charge is 2.28. The number of rotatable bonds is 4. The molecule has 1 aromatic carbocycles. The van der Waals surface area contributed by atoms with Crippen LogP contribution in [0.25, 0.3) is 0 Å². The first-order valence-electron chi connectivity index (χ1n) is 4.84. The minimum Gasteiger partial charge on any atom is -0.481 e. The SMILES string of the molecule is CCC(N)(CC(=O)O)c1cccc(N)c1. The summed E-state index contributed by atoms with van der Waals surface area (Å²) >= 11 is 0. The predicted molar refractivity (Wildman–Crippen MR) is 59.3 cm³/mol. The molecule has 0 fully saturated rings. The predicted octanol–water partition coefficient (Wildman–Crippen LogP) is 1.31. The van der Waals surface area contributed by atoms with Crippen molar-refractivity contribution >= 4 is 11.7 Å². The van der Waals surface area contributed by atoms with Gasteiger partial charge in [-0.15, -0.1) is 0 Å². The summed E-state index contributed by atoms with van der Waals surface area (Å²) in [5, 5.41) is 8.80. The van der Waals surface area contributed by atoms with Crippen molar-refractivity contribution in [3.8, 4) is 0 Å². The van der Waals surface area contributed by atoms with Crippen LogP contribution in [0.5, 0.6) is 0 Å². The second kappa shape index (κ2) is 4.31. The average Bonchev–Trinajstić information content (AvgIpc) is 2.16. The van der Waals surface area contributed by atoms with E-state index < -0.39 is 11.5 Å². The highest BCUT2D eigenvalue weighted by molar-refractivity contribution is 5.69. The van der Waals surface area contributed by atoms with Gasteiger partial charge in [-0.05, 0) is 24.1 Å². The van der Waals surface area contributed by atoms with Crippen molar-refractivity contribution in [1.29, 1.82) is 0 Å². The number of carboxylic acids is 1. The first-order valence-corrected chi connectivity index (χ1v) is 4.84. The van der Waals surface area contributed by atoms with Gasteiger partial charge in [-0.25, -0.2) is 0 Å². The molecule has 0 radical (unpaired) electrons. The summed E-state index contributed by atoms with van der Waals surface area (Å²) in [6, 6.07) is 7.07. The first kappa shape index (κ1) is 11.5. The molecule has 5 N–H and O–H groups in total. The largest absolute Gasteiger partial charge is 0.481 e. The minimum absolute atomic E-state index is 0.0903. The Morgan fingerprint density at radius 1 is 1.53 bits per heavy atom. The molecule has 15 heavy (non-hydrogen) atoms. The fourth-order valence-electron chi connectivity index (χ4n) is 1.55. The third-order valence-corrected chi connectivity index (χ3v) is 2.56. The van der Waals surface area contributed by atoms with Gasteiger partial charge in [0.1, 0.15) is 0 Å². The van der Waals surface area contributed by atoms with Crippen LogP contribution in [0.2, 0.25) is 0 Å². The summed E-state index contributed by atoms with van der Waals surface area (Å²) in [5.74, 6) is -0.901. The van der Waals surface area contributed by atoms with Crippen LogP contribution < -0.4 is 11.5 Å². The van der Waals surface area contributed by atoms with Crippen molar-refractivity contribution in [1.82, 2.24) is 0 Å². The zero-order chi connectivity index (χ0) is 11.5. The van der Waals surface area contributed by atoms with Crippen molar-refractivity contribution in [2.75, 3.05) is 5.73 Å². The summed E-state index contributed by atoms with van der Waals surface area (Å²) in [5.41, 5.74) is 12.2. The first-order chi connectivity index (χ1) is 6.98. The minimum atomic E-state index is -0.901. The van der Waals surface area contributed by atoms with E-state index in [1.54, 1.807) is 18.2 Å². The van der Waals surface area contributed by atoms with Crippen molar-refractivity contribution in [3.63, 3.8) is 0 Å². The van der Waals surface area contributed by atoms with Crippen LogP contribution in [-0.2, 0) is 10.3 Å². The second-order valence-electron chi connectivity index (χ2n) is 3.71. The van der Waals surface area contributed by atoms with Gasteiger partial charge in [-0.2, -0.15) is 0 Å². The number of benzene rings is 1. The van der Waals surface area contributed by atoms with Gasteiger partial charge >= 0.3 is 5.97 Å². The molecule has 0 heterocycles. The number of anilines is 1. The molecule has 0 aliphatic rings. The van der Waals surface area contributed by atoms with E-state index in [-0.39, 0.29) is 6.42 Å². The Bertz CT molecular complexity index is 365. The third kappa shape index (κ3) is 2.70. The lowest BCUT2D eigenvalue weighted by Gasteiger charge is -2.27. The van der Waals surface area contributed by atoms with Crippen molar-refractivity contribution in [2.24, 2.45) is 5.73 Å². The number of carbonyl (C=O) groups is 1. The topological polar surface area (TPSA) is 89.3 Å². The summed E-state index contributed by atoms with van der Waals surface area (Å²) < 4.78 is 0. The fourth-order valence-corrected chi connectivity index (χ4v) is 1.55. The van der Waals surface area contributed by atoms with Gasteiger partial charge in [0.15, 0.2) is 0 Å². The van der Waals surface area contributed by atoms with E-state index in [4.69, 9.17) is 16.6 Å². The van der Waals surface area contributed by atoms with Crippen LogP contribution >= 0.6 is 0 Å². The standard InChI is InChI=1S/C11H16N2O2/c1-2-11(13,7-10(14)15)8-4-3-5-9(12)6-8/h3-6H,2,7,12-13H2,1H3,(H,14,15). The smallest absolute Gasteiger partial charge is 0.305 e. The maximum Gasteiger partial charge on any atom is 0.305 e. The van der Waals surface area contributed by atoms with Crippen LogP contribution in [0.15, 0.2) is 24.3 Å². The highest BCUT2D eigenvalue weighted by atomic mass is 16.4. The van der Waals surface area contributed by atoms with E-state index in [0.717, 1.165) is 5.56 Å². The van der Waals surface area contributed by atoms with Crippen molar-refractivity contribution in [2.45, 2.75) is 25.3 Å². The van der Waals surface area contributed by atoms with E-state index in [9.17, 15) is 4.79 Å². The van der Waals surface area contributed by atoms with Crippen LogP contribution in [0.1, 0.15) is 25.3 Å². The van der Waals surface area contributed by atoms with Crippen LogP contribution in [0.4, 0.5) is 5.69 Å². The fraction of sp³-hybridized carbons (Fsp3) is 0.364. The number of hydrogen-bond acceptors (Lipinski definition) is 3. The molecule has 0 saturated heterocycles. The van der Waals surface area contributed by atoms with E-state index >= 15 is 0 Å². The molecule has 82 valence electrons. The Morgan fingerprint density at radius 3 is 2.67 bits per heavy atom. The Balaban J connectivity index is 3.05. The molecule has 1 aromatic rings. The average molecular weight is 208 g/mol. The zero-order valence-electron chi connectivity index (χ0n) is 8.73. The highest BCUT2D eigenvalue weighted by Crippen LogP contribution is 2.27. The summed E-state index contributed by atoms with van der Waals surface area (Å²) in [6.07, 6.45) is 0.468. The van der Waals surface area contributed by atoms with Gasteiger partial charge in [0.05, 0.1) is 12.0 Å². The monoisotopic (exact) mass is 208 g/mol. The molecule has 1 rings (SSSR count). The van der Waals surface area contributed by atoms with Crippen LogP contribution in [0, 0.1) is 0 Å². The molecule has 0 saturated carbocycles. The Hall–Kier alpha value is -1.55. The van der Waals surface area contributed by atoms with Crippen molar-refractivity contribution in [3.05, 3.63) is 29.8 Å². The number of carboxylic acid groups (broad SMARTS) is 1. The normalized spacial score (nSPS) is 14.5. The van der Waals surface area contributed by atoms with Crippen molar-refractivity contribution < 1.29 is 9.90 Å². The van der Waals surface area contributed by atoms with Crippen LogP contribution in [-0.4, -0.2) is 11.1 Å². The molecular formula is C11H16N2O2. The van der Waals surface area contributed by atoms with Crippen LogP contribution in [0.3, 0.4) is 0 Å². The molecule has 0 spiro atoms. The summed E-state index contributed by atoms with van der Waals surface area (Å²) in [6.45, 7) is 1.87. The molecule has 0 bridgehead atoms. The molecule has 4 nitrogen and oxygen atoms in total. The van der Waals surface area contributed by atoms with E-state index in [0.29, 0.717) is 12.1 Å². The molecule has 0 amide bonds. The van der Waals surface area contributed by atoms with E-state index in [2.05, 4.69) is 0 Å². The summed E-state index contributed by atoms with van der Waals surface area (Å²) in [7, 11) is 0. The molecular weight excluding hydrogens is 192 g/mol. The van der Waals surface area contributed by atoms with Gasteiger partial charge in [-0.3, -0.25) is 4.79 Å². The maximum atomic E-state index is 10.7. The molecule has 1 atom stereocenters. The Labute approximate surface area is 88.9 Å². The lowest BCUT2D eigenvalue weighted by atomic mass is 9.85. The lowest BCUT2D eigenvalue weighted by molar-refractivity contribution is -0.138. The zero-order valence-corrected chi connectivity index (χ0v) is 8.73. The quantitative estimate of drug-likeness (QED) is 0.651. The maximum absolute atomic E-state index is 10.7. The second-order valence-corrected chi connectivity index (χ2v) is 3.71. The molecule has 1 unspecified atom stereocenters. The van der Waals surface area contributed by atoms with E-state index in [1.807, 2.05) is 13.0 Å². The van der Waals surface area contributed by atoms with Gasteiger partial charge in [0.2, 0.25) is 0 Å². The lowest BCUT2D eigenvalue weighted by Crippen LogP contribution is -2.38. The molecule has 0 aromatic heterocycles. The van der Waals surface area contributed by atoms with Gasteiger partial charge in [-0.1, -0.05) is 19.1 Å². The van der Waals surface area contributed by atoms with Gasteiger partial charge < -0.3 is 16.6 Å². The Kier molecular flexibility index (Phi) is 3.31. The Morgan fingerprint density at radius 2 is 2.20 bits per heavy atom. The number of nitrogen functional groups attached to an aromatic ring is 1. The third-order valence-electron chi connectivity index (χ3n) is 2.56. The molecule has 4 heteroatoms. The summed E-state index contributed by atoms with van der Waals surface area (Å²) in [4.78, 5) is 10.7. The van der Waals surface area contributed by atoms with E-state index in [1.165, 1.54) is 0 Å². The number of nitrogens with two attached hydrogens (primary N) is 2. The van der Waals surface area contributed by atoms with Gasteiger partial charge in [0.25, 0.3) is 0 Å². The number of hydrogen-bond donors (Lipinski definition) is 3. The number of aliphatic carboxylic acids is 1. The van der Waals surface area contributed by atoms with Gasteiger partial charge in [0, 0.05) is 5.69 Å².